The summed E-state index contributed by atoms with van der Waals surface area (Å²) < 4.78 is 29.3. The van der Waals surface area contributed by atoms with Gasteiger partial charge in [0.15, 0.2) is 0 Å². The van der Waals surface area contributed by atoms with Crippen LogP contribution in [0.3, 0.4) is 0 Å². The summed E-state index contributed by atoms with van der Waals surface area (Å²) in [6, 6.07) is 4.87. The van der Waals surface area contributed by atoms with E-state index in [9.17, 15) is 8.78 Å². The Morgan fingerprint density at radius 2 is 2.19 bits per heavy atom. The van der Waals surface area contributed by atoms with Crippen LogP contribution in [-0.4, -0.2) is 30.6 Å². The molecular weight excluding hydrogens is 321 g/mol. The van der Waals surface area contributed by atoms with Gasteiger partial charge in [0.1, 0.15) is 5.75 Å². The van der Waals surface area contributed by atoms with Crippen LogP contribution in [0.4, 0.5) is 8.78 Å². The predicted molar refractivity (Wildman–Crippen MR) is 82.4 cm³/mol. The lowest BCUT2D eigenvalue weighted by molar-refractivity contribution is -0.0507. The number of halogens is 4. The molecule has 1 fully saturated rings. The van der Waals surface area contributed by atoms with Crippen molar-refractivity contribution in [3.8, 4) is 5.75 Å². The molecule has 2 rings (SSSR count). The van der Waals surface area contributed by atoms with Crippen LogP contribution in [-0.2, 0) is 6.54 Å². The van der Waals surface area contributed by atoms with Crippen LogP contribution >= 0.6 is 24.0 Å². The highest BCUT2D eigenvalue weighted by molar-refractivity contribution is 6.30. The van der Waals surface area contributed by atoms with Crippen LogP contribution in [0.2, 0.25) is 5.02 Å². The largest absolute Gasteiger partial charge is 0.434 e. The zero-order chi connectivity index (χ0) is 14.7. The lowest BCUT2D eigenvalue weighted by Gasteiger charge is -2.19. The van der Waals surface area contributed by atoms with Gasteiger partial charge in [0.25, 0.3) is 0 Å². The van der Waals surface area contributed by atoms with Crippen molar-refractivity contribution >= 4 is 24.0 Å². The normalized spacial score (nSPS) is 20.4. The molecule has 1 aliphatic rings. The molecule has 1 saturated heterocycles. The van der Waals surface area contributed by atoms with E-state index in [1.165, 1.54) is 6.07 Å². The summed E-state index contributed by atoms with van der Waals surface area (Å²) in [7, 11) is 0. The van der Waals surface area contributed by atoms with Crippen molar-refractivity contribution < 1.29 is 13.5 Å². The molecule has 1 heterocycles. The quantitative estimate of drug-likeness (QED) is 0.890. The van der Waals surface area contributed by atoms with Gasteiger partial charge < -0.3 is 10.5 Å². The minimum atomic E-state index is -2.83. The predicted octanol–water partition coefficient (Wildman–Crippen LogP) is 3.53. The molecule has 1 aromatic rings. The summed E-state index contributed by atoms with van der Waals surface area (Å²) in [4.78, 5) is 2.19. The maximum absolute atomic E-state index is 12.4. The summed E-state index contributed by atoms with van der Waals surface area (Å²) in [5, 5.41) is 0.518. The minimum Gasteiger partial charge on any atom is -0.434 e. The Labute approximate surface area is 134 Å². The first kappa shape index (κ1) is 18.4. The van der Waals surface area contributed by atoms with Gasteiger partial charge in [0, 0.05) is 29.7 Å². The second-order valence-electron chi connectivity index (χ2n) is 5.27. The molecule has 0 bridgehead atoms. The Hall–Kier alpha value is -0.620. The number of nitrogens with two attached hydrogens (primary N) is 1. The molecule has 1 aromatic carbocycles. The van der Waals surface area contributed by atoms with Gasteiger partial charge in [-0.1, -0.05) is 11.6 Å². The van der Waals surface area contributed by atoms with Crippen molar-refractivity contribution in [2.45, 2.75) is 32.5 Å². The Morgan fingerprint density at radius 1 is 1.48 bits per heavy atom. The third-order valence-corrected chi connectivity index (χ3v) is 3.92. The van der Waals surface area contributed by atoms with Gasteiger partial charge in [-0.3, -0.25) is 4.90 Å². The maximum atomic E-state index is 12.4. The molecule has 3 nitrogen and oxygen atoms in total. The molecule has 0 aromatic heterocycles. The minimum absolute atomic E-state index is 0. The molecule has 0 radical (unpaired) electrons. The number of hydrogen-bond acceptors (Lipinski definition) is 3. The van der Waals surface area contributed by atoms with Crippen LogP contribution < -0.4 is 10.5 Å². The standard InChI is InChI=1S/C14H19ClF2N2O.ClH/c1-9(18)10-4-5-19(7-10)8-11-6-12(15)2-3-13(11)20-14(16)17;/h2-3,6,9-10,14H,4-5,7-8,18H2,1H3;1H. The van der Waals surface area contributed by atoms with Crippen LogP contribution in [0.5, 0.6) is 5.75 Å². The zero-order valence-corrected chi connectivity index (χ0v) is 13.3. The third-order valence-electron chi connectivity index (χ3n) is 3.68. The van der Waals surface area contributed by atoms with Crippen molar-refractivity contribution in [2.24, 2.45) is 11.7 Å². The number of hydrogen-bond donors (Lipinski definition) is 1. The topological polar surface area (TPSA) is 38.5 Å². The van der Waals surface area contributed by atoms with Gasteiger partial charge in [-0.25, -0.2) is 0 Å². The summed E-state index contributed by atoms with van der Waals surface area (Å²) in [6.07, 6.45) is 1.03. The average Bonchev–Trinajstić information content (AvgIpc) is 2.81. The van der Waals surface area contributed by atoms with Crippen LogP contribution in [0.25, 0.3) is 0 Å². The second-order valence-corrected chi connectivity index (χ2v) is 5.71. The summed E-state index contributed by atoms with van der Waals surface area (Å²) >= 11 is 5.94. The van der Waals surface area contributed by atoms with E-state index in [2.05, 4.69) is 9.64 Å². The highest BCUT2D eigenvalue weighted by atomic mass is 35.5. The maximum Gasteiger partial charge on any atom is 0.387 e. The Balaban J connectivity index is 0.00000220. The molecule has 0 spiro atoms. The number of alkyl halides is 2. The highest BCUT2D eigenvalue weighted by Crippen LogP contribution is 2.28. The lowest BCUT2D eigenvalue weighted by atomic mass is 10.0. The molecule has 7 heteroatoms. The molecule has 2 unspecified atom stereocenters. The number of nitrogens with zero attached hydrogens (tertiary/aromatic N) is 1. The van der Waals surface area contributed by atoms with E-state index >= 15 is 0 Å². The Morgan fingerprint density at radius 3 is 2.76 bits per heavy atom. The van der Waals surface area contributed by atoms with Gasteiger partial charge in [-0.2, -0.15) is 8.78 Å². The van der Waals surface area contributed by atoms with E-state index in [1.807, 2.05) is 6.92 Å². The second kappa shape index (κ2) is 8.13. The average molecular weight is 341 g/mol. The first-order chi connectivity index (χ1) is 9.45. The van der Waals surface area contributed by atoms with Gasteiger partial charge in [0.05, 0.1) is 0 Å². The van der Waals surface area contributed by atoms with E-state index < -0.39 is 6.61 Å². The van der Waals surface area contributed by atoms with E-state index in [1.54, 1.807) is 12.1 Å². The van der Waals surface area contributed by atoms with Crippen LogP contribution in [0.1, 0.15) is 18.9 Å². The van der Waals surface area contributed by atoms with Crippen molar-refractivity contribution in [1.29, 1.82) is 0 Å². The first-order valence-electron chi connectivity index (χ1n) is 6.67. The molecule has 21 heavy (non-hydrogen) atoms. The number of ether oxygens (including phenoxy) is 1. The molecule has 0 amide bonds. The number of rotatable bonds is 5. The SMILES string of the molecule is CC(N)C1CCN(Cc2cc(Cl)ccc2OC(F)F)C1.Cl. The third kappa shape index (κ3) is 5.25. The summed E-state index contributed by atoms with van der Waals surface area (Å²) in [5.41, 5.74) is 6.59. The fourth-order valence-corrected chi connectivity index (χ4v) is 2.75. The molecule has 120 valence electrons. The monoisotopic (exact) mass is 340 g/mol. The van der Waals surface area contributed by atoms with Crippen LogP contribution in [0, 0.1) is 5.92 Å². The van der Waals surface area contributed by atoms with Crippen molar-refractivity contribution in [3.63, 3.8) is 0 Å². The molecule has 2 atom stereocenters. The van der Waals surface area contributed by atoms with Gasteiger partial charge in [-0.15, -0.1) is 12.4 Å². The van der Waals surface area contributed by atoms with Crippen molar-refractivity contribution in [3.05, 3.63) is 28.8 Å². The number of benzene rings is 1. The van der Waals surface area contributed by atoms with E-state index in [0.29, 0.717) is 23.0 Å². The fraction of sp³-hybridized carbons (Fsp3) is 0.571. The molecular formula is C14H20Cl2F2N2O. The summed E-state index contributed by atoms with van der Waals surface area (Å²) in [5.74, 6) is 0.641. The van der Waals surface area contributed by atoms with Gasteiger partial charge in [-0.05, 0) is 44.0 Å². The first-order valence-corrected chi connectivity index (χ1v) is 7.04. The Kier molecular flexibility index (Phi) is 7.13. The molecule has 0 saturated carbocycles. The fourth-order valence-electron chi connectivity index (χ4n) is 2.56. The molecule has 1 aliphatic heterocycles. The zero-order valence-electron chi connectivity index (χ0n) is 11.8. The number of likely N-dealkylation sites (tertiary alicyclic amines) is 1. The molecule has 0 aliphatic carbocycles. The van der Waals surface area contributed by atoms with E-state index in [0.717, 1.165) is 19.5 Å². The van der Waals surface area contributed by atoms with Crippen molar-refractivity contribution in [1.82, 2.24) is 4.90 Å². The molecule has 2 N–H and O–H groups in total. The van der Waals surface area contributed by atoms with Gasteiger partial charge >= 0.3 is 6.61 Å². The van der Waals surface area contributed by atoms with E-state index in [4.69, 9.17) is 17.3 Å². The van der Waals surface area contributed by atoms with Gasteiger partial charge in [0.2, 0.25) is 0 Å². The lowest BCUT2D eigenvalue weighted by Crippen LogP contribution is -2.29. The Bertz CT molecular complexity index is 461. The highest BCUT2D eigenvalue weighted by Gasteiger charge is 2.26. The smallest absolute Gasteiger partial charge is 0.387 e. The van der Waals surface area contributed by atoms with Crippen LogP contribution in [0.15, 0.2) is 18.2 Å². The van der Waals surface area contributed by atoms with Crippen molar-refractivity contribution in [2.75, 3.05) is 13.1 Å². The van der Waals surface area contributed by atoms with E-state index in [-0.39, 0.29) is 24.2 Å². The summed E-state index contributed by atoms with van der Waals surface area (Å²) in [6.45, 7) is 1.50.